The molecule has 0 saturated carbocycles. The summed E-state index contributed by atoms with van der Waals surface area (Å²) in [7, 11) is -3.64. The Morgan fingerprint density at radius 1 is 0.867 bits per heavy atom. The molecule has 0 fully saturated rings. The van der Waals surface area contributed by atoms with Gasteiger partial charge in [-0.3, -0.25) is 0 Å². The van der Waals surface area contributed by atoms with E-state index < -0.39 is 10.0 Å². The maximum atomic E-state index is 13.1. The van der Waals surface area contributed by atoms with Gasteiger partial charge in [0.05, 0.1) is 15.3 Å². The summed E-state index contributed by atoms with van der Waals surface area (Å²) in [6.07, 6.45) is 1.92. The summed E-state index contributed by atoms with van der Waals surface area (Å²) in [5.74, 6) is 0. The lowest BCUT2D eigenvalue weighted by atomic mass is 10.0. The third kappa shape index (κ3) is 2.89. The summed E-state index contributed by atoms with van der Waals surface area (Å²) in [6, 6.07) is 20.7. The minimum atomic E-state index is -3.64. The number of aromatic nitrogens is 3. The van der Waals surface area contributed by atoms with E-state index in [1.165, 1.54) is 3.97 Å². The molecule has 0 N–H and O–H groups in total. The van der Waals surface area contributed by atoms with Gasteiger partial charge in [-0.25, -0.2) is 16.9 Å². The van der Waals surface area contributed by atoms with Crippen molar-refractivity contribution in [1.82, 2.24) is 13.6 Å². The molecule has 5 nitrogen and oxygen atoms in total. The number of hydrogen-bond acceptors (Lipinski definition) is 4. The number of fused-ring (bicyclic) bond motifs is 1. The molecule has 0 aliphatic carbocycles. The molecule has 0 aliphatic rings. The number of hydrogen-bond donors (Lipinski definition) is 0. The van der Waals surface area contributed by atoms with Gasteiger partial charge in [-0.2, -0.15) is 5.10 Å². The molecule has 0 saturated heterocycles. The average Bonchev–Trinajstić information content (AvgIpc) is 3.46. The Kier molecular flexibility index (Phi) is 4.38. The van der Waals surface area contributed by atoms with Gasteiger partial charge >= 0.3 is 0 Å². The summed E-state index contributed by atoms with van der Waals surface area (Å²) in [5, 5.41) is 6.80. The van der Waals surface area contributed by atoms with E-state index in [1.807, 2.05) is 70.7 Å². The monoisotopic (exact) mass is 433 g/mol. The summed E-state index contributed by atoms with van der Waals surface area (Å²) < 4.78 is 29.5. The van der Waals surface area contributed by atoms with Gasteiger partial charge in [-0.1, -0.05) is 24.3 Å². The van der Waals surface area contributed by atoms with Gasteiger partial charge in [0.2, 0.25) is 0 Å². The Hall–Kier alpha value is -3.16. The van der Waals surface area contributed by atoms with Crippen LogP contribution in [0.1, 0.15) is 11.4 Å². The van der Waals surface area contributed by atoms with Crippen molar-refractivity contribution in [2.75, 3.05) is 0 Å². The second kappa shape index (κ2) is 6.97. The van der Waals surface area contributed by atoms with Crippen LogP contribution in [-0.4, -0.2) is 22.0 Å². The molecule has 7 heteroatoms. The number of nitrogens with zero attached hydrogens (tertiary/aromatic N) is 3. The normalized spacial score (nSPS) is 11.9. The van der Waals surface area contributed by atoms with Crippen LogP contribution in [0, 0.1) is 13.8 Å². The lowest BCUT2D eigenvalue weighted by molar-refractivity contribution is 0.585. The van der Waals surface area contributed by atoms with E-state index in [0.717, 1.165) is 27.2 Å². The molecule has 30 heavy (non-hydrogen) atoms. The fourth-order valence-corrected chi connectivity index (χ4v) is 6.09. The molecule has 0 spiro atoms. The molecule has 0 bridgehead atoms. The molecule has 0 radical (unpaired) electrons. The standard InChI is InChI=1S/C23H19N3O2S2/c1-16-8-9-17(2)26(16)30(27,28)19-12-10-18(11-13-19)22-20-6-3-4-14-25(20)24-23(22)21-7-5-15-29-21/h3-15H,1-2H3. The molecule has 5 aromatic rings. The lowest BCUT2D eigenvalue weighted by Gasteiger charge is -2.11. The van der Waals surface area contributed by atoms with E-state index >= 15 is 0 Å². The zero-order valence-corrected chi connectivity index (χ0v) is 18.1. The first kappa shape index (κ1) is 18.8. The van der Waals surface area contributed by atoms with E-state index in [-0.39, 0.29) is 4.90 Å². The van der Waals surface area contributed by atoms with Crippen molar-refractivity contribution in [2.24, 2.45) is 0 Å². The highest BCUT2D eigenvalue weighted by molar-refractivity contribution is 7.90. The minimum Gasteiger partial charge on any atom is -0.243 e. The zero-order valence-electron chi connectivity index (χ0n) is 16.5. The maximum Gasteiger partial charge on any atom is 0.268 e. The first-order valence-corrected chi connectivity index (χ1v) is 11.8. The van der Waals surface area contributed by atoms with Crippen molar-refractivity contribution in [3.8, 4) is 21.7 Å². The maximum absolute atomic E-state index is 13.1. The van der Waals surface area contributed by atoms with Gasteiger partial charge in [-0.05, 0) is 67.3 Å². The van der Waals surface area contributed by atoms with Crippen LogP contribution in [0.5, 0.6) is 0 Å². The zero-order chi connectivity index (χ0) is 20.9. The quantitative estimate of drug-likeness (QED) is 0.382. The van der Waals surface area contributed by atoms with Crippen molar-refractivity contribution >= 4 is 26.9 Å². The van der Waals surface area contributed by atoms with Crippen LogP contribution >= 0.6 is 11.3 Å². The summed E-state index contributed by atoms with van der Waals surface area (Å²) >= 11 is 1.63. The smallest absolute Gasteiger partial charge is 0.243 e. The third-order valence-corrected chi connectivity index (χ3v) is 7.98. The largest absolute Gasteiger partial charge is 0.268 e. The molecule has 4 aromatic heterocycles. The number of pyridine rings is 1. The molecule has 1 aromatic carbocycles. The van der Waals surface area contributed by atoms with Crippen molar-refractivity contribution < 1.29 is 8.42 Å². The Morgan fingerprint density at radius 3 is 2.27 bits per heavy atom. The molecular weight excluding hydrogens is 414 g/mol. The van der Waals surface area contributed by atoms with E-state index in [0.29, 0.717) is 11.4 Å². The predicted octanol–water partition coefficient (Wildman–Crippen LogP) is 5.39. The first-order valence-electron chi connectivity index (χ1n) is 9.49. The summed E-state index contributed by atoms with van der Waals surface area (Å²) in [4.78, 5) is 1.34. The lowest BCUT2D eigenvalue weighted by Crippen LogP contribution is -2.15. The Morgan fingerprint density at radius 2 is 1.60 bits per heavy atom. The van der Waals surface area contributed by atoms with Gasteiger partial charge in [0.15, 0.2) is 0 Å². The van der Waals surface area contributed by atoms with Crippen molar-refractivity contribution in [2.45, 2.75) is 18.7 Å². The molecule has 0 unspecified atom stereocenters. The second-order valence-corrected chi connectivity index (χ2v) is 9.88. The third-order valence-electron chi connectivity index (χ3n) is 5.18. The Balaban J connectivity index is 1.66. The SMILES string of the molecule is Cc1ccc(C)n1S(=O)(=O)c1ccc(-c2c(-c3cccs3)nn3ccccc23)cc1. The van der Waals surface area contributed by atoms with Crippen LogP contribution in [-0.2, 0) is 10.0 Å². The van der Waals surface area contributed by atoms with Crippen molar-refractivity contribution in [3.63, 3.8) is 0 Å². The number of benzene rings is 1. The van der Waals surface area contributed by atoms with Crippen molar-refractivity contribution in [1.29, 1.82) is 0 Å². The molecule has 0 aliphatic heterocycles. The second-order valence-electron chi connectivity index (χ2n) is 7.14. The van der Waals surface area contributed by atoms with Gasteiger partial charge in [0.1, 0.15) is 5.69 Å². The fourth-order valence-electron chi connectivity index (χ4n) is 3.80. The van der Waals surface area contributed by atoms with E-state index in [2.05, 4.69) is 0 Å². The molecule has 0 atom stereocenters. The van der Waals surface area contributed by atoms with Crippen LogP contribution in [0.3, 0.4) is 0 Å². The van der Waals surface area contributed by atoms with Crippen molar-refractivity contribution in [3.05, 3.63) is 89.7 Å². The van der Waals surface area contributed by atoms with Crippen LogP contribution in [0.25, 0.3) is 27.2 Å². The van der Waals surface area contributed by atoms with Crippen LogP contribution in [0.4, 0.5) is 0 Å². The number of thiophene rings is 1. The predicted molar refractivity (Wildman–Crippen MR) is 120 cm³/mol. The van der Waals surface area contributed by atoms with Crippen LogP contribution in [0.15, 0.2) is 83.2 Å². The highest BCUT2D eigenvalue weighted by Gasteiger charge is 2.22. The number of aryl methyl sites for hydroxylation is 2. The highest BCUT2D eigenvalue weighted by atomic mass is 32.2. The molecule has 150 valence electrons. The van der Waals surface area contributed by atoms with Gasteiger partial charge in [0.25, 0.3) is 10.0 Å². The Labute approximate surface area is 178 Å². The molecule has 0 amide bonds. The summed E-state index contributed by atoms with van der Waals surface area (Å²) in [6.45, 7) is 3.59. The van der Waals surface area contributed by atoms with E-state index in [4.69, 9.17) is 5.10 Å². The first-order chi connectivity index (χ1) is 14.5. The Bertz CT molecular complexity index is 1440. The van der Waals surface area contributed by atoms with Crippen LogP contribution < -0.4 is 0 Å². The summed E-state index contributed by atoms with van der Waals surface area (Å²) in [5.41, 5.74) is 5.19. The van der Waals surface area contributed by atoms with Gasteiger partial charge < -0.3 is 0 Å². The topological polar surface area (TPSA) is 56.4 Å². The van der Waals surface area contributed by atoms with Gasteiger partial charge in [-0.15, -0.1) is 11.3 Å². The van der Waals surface area contributed by atoms with Gasteiger partial charge in [0, 0.05) is 23.1 Å². The molecule has 5 rings (SSSR count). The van der Waals surface area contributed by atoms with E-state index in [1.54, 1.807) is 37.3 Å². The highest BCUT2D eigenvalue weighted by Crippen LogP contribution is 2.37. The van der Waals surface area contributed by atoms with E-state index in [9.17, 15) is 8.42 Å². The molecular formula is C23H19N3O2S2. The van der Waals surface area contributed by atoms with Crippen LogP contribution in [0.2, 0.25) is 0 Å². The average molecular weight is 434 g/mol. The molecule has 4 heterocycles. The minimum absolute atomic E-state index is 0.266. The number of rotatable bonds is 4. The fraction of sp³-hybridized carbons (Fsp3) is 0.0870.